The number of carbonyl (C=O) groups is 1. The summed E-state index contributed by atoms with van der Waals surface area (Å²) in [6, 6.07) is -0.0865. The third-order valence-corrected chi connectivity index (χ3v) is 2.30. The van der Waals surface area contributed by atoms with Crippen molar-refractivity contribution in [3.63, 3.8) is 0 Å². The first kappa shape index (κ1) is 9.48. The summed E-state index contributed by atoms with van der Waals surface area (Å²) in [4.78, 5) is 12.9. The van der Waals surface area contributed by atoms with E-state index in [4.69, 9.17) is 10.8 Å². The molecule has 1 heterocycles. The molecule has 1 aliphatic heterocycles. The molecular weight excluding hydrogens is 156 g/mol. The van der Waals surface area contributed by atoms with E-state index >= 15 is 0 Å². The number of aliphatic hydroxyl groups is 1. The molecule has 70 valence electrons. The number of carbonyl (C=O) groups excluding carboxylic acids is 1. The van der Waals surface area contributed by atoms with E-state index in [1.807, 2.05) is 0 Å². The normalized spacial score (nSPS) is 24.6. The van der Waals surface area contributed by atoms with Crippen LogP contribution in [0, 0.1) is 0 Å². The van der Waals surface area contributed by atoms with Crippen molar-refractivity contribution < 1.29 is 9.90 Å². The number of hydrogen-bond acceptors (Lipinski definition) is 3. The van der Waals surface area contributed by atoms with Crippen LogP contribution in [0.1, 0.15) is 19.3 Å². The highest BCUT2D eigenvalue weighted by Crippen LogP contribution is 2.16. The van der Waals surface area contributed by atoms with Crippen molar-refractivity contribution in [3.05, 3.63) is 0 Å². The minimum Gasteiger partial charge on any atom is -0.396 e. The van der Waals surface area contributed by atoms with Crippen molar-refractivity contribution >= 4 is 5.91 Å². The van der Waals surface area contributed by atoms with E-state index in [2.05, 4.69) is 4.90 Å². The smallest absolute Gasteiger partial charge is 0.234 e. The molecular formula is C8H16N2O2. The van der Waals surface area contributed by atoms with Crippen molar-refractivity contribution in [2.45, 2.75) is 25.3 Å². The fourth-order valence-corrected chi connectivity index (χ4v) is 1.69. The molecule has 0 saturated carbocycles. The van der Waals surface area contributed by atoms with Crippen LogP contribution in [0.3, 0.4) is 0 Å². The largest absolute Gasteiger partial charge is 0.396 e. The Morgan fingerprint density at radius 3 is 3.00 bits per heavy atom. The zero-order chi connectivity index (χ0) is 8.97. The lowest BCUT2D eigenvalue weighted by atomic mass is 10.2. The summed E-state index contributed by atoms with van der Waals surface area (Å²) in [5, 5.41) is 8.61. The molecule has 1 saturated heterocycles. The molecule has 3 N–H and O–H groups in total. The number of amides is 1. The van der Waals surface area contributed by atoms with Crippen LogP contribution in [0.4, 0.5) is 0 Å². The molecule has 1 rings (SSSR count). The maximum atomic E-state index is 10.9. The van der Waals surface area contributed by atoms with Gasteiger partial charge < -0.3 is 10.8 Å². The number of nitrogens with two attached hydrogens (primary N) is 1. The van der Waals surface area contributed by atoms with Gasteiger partial charge in [-0.25, -0.2) is 0 Å². The standard InChI is InChI=1S/C8H16N2O2/c9-8(12)7-3-1-4-10(7)5-2-6-11/h7,11H,1-6H2,(H2,9,12). The Kier molecular flexibility index (Phi) is 3.49. The fraction of sp³-hybridized carbons (Fsp3) is 0.875. The molecule has 4 heteroatoms. The van der Waals surface area contributed by atoms with Gasteiger partial charge in [-0.05, 0) is 25.8 Å². The SMILES string of the molecule is NC(=O)C1CCCN1CCCO. The van der Waals surface area contributed by atoms with Gasteiger partial charge in [0.05, 0.1) is 6.04 Å². The van der Waals surface area contributed by atoms with Crippen molar-refractivity contribution in [1.82, 2.24) is 4.90 Å². The molecule has 0 bridgehead atoms. The fourth-order valence-electron chi connectivity index (χ4n) is 1.69. The molecule has 0 aromatic heterocycles. The van der Waals surface area contributed by atoms with E-state index in [9.17, 15) is 4.79 Å². The Labute approximate surface area is 72.3 Å². The highest BCUT2D eigenvalue weighted by atomic mass is 16.3. The zero-order valence-electron chi connectivity index (χ0n) is 7.20. The number of likely N-dealkylation sites (tertiary alicyclic amines) is 1. The van der Waals surface area contributed by atoms with Crippen LogP contribution in [0.15, 0.2) is 0 Å². The first-order valence-corrected chi connectivity index (χ1v) is 4.40. The number of nitrogens with zero attached hydrogens (tertiary/aromatic N) is 1. The van der Waals surface area contributed by atoms with Gasteiger partial charge >= 0.3 is 0 Å². The highest BCUT2D eigenvalue weighted by Gasteiger charge is 2.27. The molecule has 0 spiro atoms. The molecule has 12 heavy (non-hydrogen) atoms. The van der Waals surface area contributed by atoms with Crippen molar-refractivity contribution in [2.75, 3.05) is 19.7 Å². The van der Waals surface area contributed by atoms with E-state index in [1.54, 1.807) is 0 Å². The summed E-state index contributed by atoms with van der Waals surface area (Å²) in [7, 11) is 0. The molecule has 4 nitrogen and oxygen atoms in total. The van der Waals surface area contributed by atoms with Crippen LogP contribution in [-0.2, 0) is 4.79 Å². The summed E-state index contributed by atoms with van der Waals surface area (Å²) < 4.78 is 0. The van der Waals surface area contributed by atoms with Crippen LogP contribution in [0.5, 0.6) is 0 Å². The van der Waals surface area contributed by atoms with Gasteiger partial charge in [-0.2, -0.15) is 0 Å². The van der Waals surface area contributed by atoms with Gasteiger partial charge in [-0.3, -0.25) is 9.69 Å². The molecule has 1 aliphatic rings. The van der Waals surface area contributed by atoms with Crippen LogP contribution in [0.25, 0.3) is 0 Å². The summed E-state index contributed by atoms with van der Waals surface area (Å²) in [6.45, 7) is 1.90. The molecule has 1 atom stereocenters. The molecule has 1 fully saturated rings. The Balaban J connectivity index is 2.35. The average molecular weight is 172 g/mol. The lowest BCUT2D eigenvalue weighted by Gasteiger charge is -2.20. The number of aliphatic hydroxyl groups excluding tert-OH is 1. The maximum Gasteiger partial charge on any atom is 0.234 e. The number of primary amides is 1. The predicted molar refractivity (Wildman–Crippen MR) is 45.5 cm³/mol. The van der Waals surface area contributed by atoms with Crippen molar-refractivity contribution in [3.8, 4) is 0 Å². The topological polar surface area (TPSA) is 66.6 Å². The van der Waals surface area contributed by atoms with E-state index in [0.29, 0.717) is 0 Å². The molecule has 1 amide bonds. The lowest BCUT2D eigenvalue weighted by molar-refractivity contribution is -0.122. The van der Waals surface area contributed by atoms with Gasteiger partial charge in [-0.1, -0.05) is 0 Å². The summed E-state index contributed by atoms with van der Waals surface area (Å²) >= 11 is 0. The highest BCUT2D eigenvalue weighted by molar-refractivity contribution is 5.80. The Morgan fingerprint density at radius 2 is 2.42 bits per heavy atom. The van der Waals surface area contributed by atoms with Gasteiger partial charge in [-0.15, -0.1) is 0 Å². The van der Waals surface area contributed by atoms with Gasteiger partial charge in [0, 0.05) is 13.2 Å². The predicted octanol–water partition coefficient (Wildman–Crippen LogP) is -0.681. The van der Waals surface area contributed by atoms with E-state index < -0.39 is 0 Å². The molecule has 1 unspecified atom stereocenters. The molecule has 0 radical (unpaired) electrons. The minimum absolute atomic E-state index is 0.0865. The van der Waals surface area contributed by atoms with Crippen molar-refractivity contribution in [2.24, 2.45) is 5.73 Å². The second-order valence-corrected chi connectivity index (χ2v) is 3.17. The van der Waals surface area contributed by atoms with Crippen LogP contribution in [0.2, 0.25) is 0 Å². The quantitative estimate of drug-likeness (QED) is 0.590. The Hall–Kier alpha value is -0.610. The Bertz CT molecular complexity index is 161. The average Bonchev–Trinajstić information content (AvgIpc) is 2.48. The number of hydrogen-bond donors (Lipinski definition) is 2. The summed E-state index contributed by atoms with van der Waals surface area (Å²) in [5.41, 5.74) is 5.22. The lowest BCUT2D eigenvalue weighted by Crippen LogP contribution is -2.40. The monoisotopic (exact) mass is 172 g/mol. The number of rotatable bonds is 4. The zero-order valence-corrected chi connectivity index (χ0v) is 7.20. The second-order valence-electron chi connectivity index (χ2n) is 3.17. The third-order valence-electron chi connectivity index (χ3n) is 2.30. The maximum absolute atomic E-state index is 10.9. The summed E-state index contributed by atoms with van der Waals surface area (Å²) in [5.74, 6) is -0.231. The van der Waals surface area contributed by atoms with E-state index in [-0.39, 0.29) is 18.6 Å². The summed E-state index contributed by atoms with van der Waals surface area (Å²) in [6.07, 6.45) is 2.64. The molecule has 0 aliphatic carbocycles. The van der Waals surface area contributed by atoms with E-state index in [1.165, 1.54) is 0 Å². The van der Waals surface area contributed by atoms with Crippen LogP contribution < -0.4 is 5.73 Å². The minimum atomic E-state index is -0.231. The van der Waals surface area contributed by atoms with Crippen LogP contribution >= 0.6 is 0 Å². The second kappa shape index (κ2) is 4.42. The van der Waals surface area contributed by atoms with Gasteiger partial charge in [0.2, 0.25) is 5.91 Å². The van der Waals surface area contributed by atoms with Crippen molar-refractivity contribution in [1.29, 1.82) is 0 Å². The third kappa shape index (κ3) is 2.19. The van der Waals surface area contributed by atoms with Gasteiger partial charge in [0.25, 0.3) is 0 Å². The van der Waals surface area contributed by atoms with E-state index in [0.717, 1.165) is 32.4 Å². The Morgan fingerprint density at radius 1 is 1.67 bits per heavy atom. The molecule has 0 aromatic rings. The first-order valence-electron chi connectivity index (χ1n) is 4.40. The molecule has 0 aromatic carbocycles. The van der Waals surface area contributed by atoms with Gasteiger partial charge in [0.15, 0.2) is 0 Å². The van der Waals surface area contributed by atoms with Crippen LogP contribution in [-0.4, -0.2) is 41.7 Å². The first-order chi connectivity index (χ1) is 5.75. The van der Waals surface area contributed by atoms with Gasteiger partial charge in [0.1, 0.15) is 0 Å².